The number of aromatic nitrogens is 2. The van der Waals surface area contributed by atoms with Crippen molar-refractivity contribution in [3.05, 3.63) is 35.1 Å². The summed E-state index contributed by atoms with van der Waals surface area (Å²) < 4.78 is 11.7. The molecule has 0 radical (unpaired) electrons. The number of hydrogen-bond acceptors (Lipinski definition) is 5. The fourth-order valence-electron chi connectivity index (χ4n) is 2.21. The van der Waals surface area contributed by atoms with E-state index in [1.807, 2.05) is 32.0 Å². The van der Waals surface area contributed by atoms with E-state index in [9.17, 15) is 0 Å². The average molecular weight is 292 g/mol. The molecule has 6 heteroatoms. The van der Waals surface area contributed by atoms with Gasteiger partial charge < -0.3 is 15.2 Å². The van der Waals surface area contributed by atoms with Gasteiger partial charge in [-0.3, -0.25) is 0 Å². The topological polar surface area (TPSA) is 70.3 Å². The Morgan fingerprint density at radius 2 is 2.15 bits per heavy atom. The van der Waals surface area contributed by atoms with Gasteiger partial charge in [0.25, 0.3) is 0 Å². The molecular formula is C14H14ClN3O2. The zero-order valence-corrected chi connectivity index (χ0v) is 11.9. The molecule has 2 heterocycles. The normalized spacial score (nSPS) is 15.6. The minimum Gasteiger partial charge on any atom is -0.483 e. The van der Waals surface area contributed by atoms with Crippen molar-refractivity contribution in [2.24, 2.45) is 0 Å². The van der Waals surface area contributed by atoms with Crippen molar-refractivity contribution >= 4 is 17.4 Å². The van der Waals surface area contributed by atoms with Crippen LogP contribution in [-0.4, -0.2) is 15.6 Å². The second kappa shape index (κ2) is 4.52. The van der Waals surface area contributed by atoms with Crippen LogP contribution in [0.4, 0.5) is 5.82 Å². The Labute approximate surface area is 121 Å². The maximum Gasteiger partial charge on any atom is 0.243 e. The fraction of sp³-hybridized carbons (Fsp3) is 0.286. The first-order valence-corrected chi connectivity index (χ1v) is 6.59. The number of halogens is 1. The van der Waals surface area contributed by atoms with Crippen molar-refractivity contribution in [3.8, 4) is 17.4 Å². The lowest BCUT2D eigenvalue weighted by molar-refractivity contribution is 0.135. The summed E-state index contributed by atoms with van der Waals surface area (Å²) in [6.45, 7) is 4.07. The maximum absolute atomic E-state index is 6.03. The number of fused-ring (bicyclic) bond motifs is 1. The second-order valence-corrected chi connectivity index (χ2v) is 5.64. The molecule has 20 heavy (non-hydrogen) atoms. The Morgan fingerprint density at radius 1 is 1.35 bits per heavy atom. The van der Waals surface area contributed by atoms with Gasteiger partial charge in [0, 0.05) is 12.0 Å². The molecule has 0 saturated heterocycles. The second-order valence-electron chi connectivity index (χ2n) is 5.26. The summed E-state index contributed by atoms with van der Waals surface area (Å²) in [5.74, 6) is 1.71. The van der Waals surface area contributed by atoms with Crippen molar-refractivity contribution in [1.29, 1.82) is 0 Å². The third-order valence-electron chi connectivity index (χ3n) is 3.05. The van der Waals surface area contributed by atoms with E-state index in [-0.39, 0.29) is 22.3 Å². The monoisotopic (exact) mass is 291 g/mol. The molecule has 0 bridgehead atoms. The minimum atomic E-state index is -0.240. The van der Waals surface area contributed by atoms with Gasteiger partial charge >= 0.3 is 0 Å². The third kappa shape index (κ3) is 2.25. The lowest BCUT2D eigenvalue weighted by Crippen LogP contribution is -2.24. The first-order chi connectivity index (χ1) is 9.46. The highest BCUT2D eigenvalue weighted by atomic mass is 35.5. The molecule has 0 saturated carbocycles. The smallest absolute Gasteiger partial charge is 0.243 e. The summed E-state index contributed by atoms with van der Waals surface area (Å²) in [5.41, 5.74) is 6.50. The molecule has 1 aliphatic rings. The van der Waals surface area contributed by atoms with Crippen molar-refractivity contribution in [2.75, 3.05) is 5.73 Å². The molecule has 1 aromatic heterocycles. The van der Waals surface area contributed by atoms with E-state index in [0.717, 1.165) is 17.7 Å². The molecule has 2 aromatic rings. The van der Waals surface area contributed by atoms with Crippen molar-refractivity contribution < 1.29 is 9.47 Å². The highest BCUT2D eigenvalue weighted by Gasteiger charge is 2.32. The molecule has 0 fully saturated rings. The number of rotatable bonds is 2. The van der Waals surface area contributed by atoms with Gasteiger partial charge in [-0.2, -0.15) is 4.98 Å². The highest BCUT2D eigenvalue weighted by molar-refractivity contribution is 6.34. The first-order valence-electron chi connectivity index (χ1n) is 6.21. The van der Waals surface area contributed by atoms with Crippen LogP contribution in [0.2, 0.25) is 5.02 Å². The number of anilines is 1. The molecule has 0 atom stereocenters. The minimum absolute atomic E-state index is 0.186. The Hall–Kier alpha value is -2.01. The summed E-state index contributed by atoms with van der Waals surface area (Å²) in [5, 5.41) is 0.197. The van der Waals surface area contributed by atoms with E-state index in [4.69, 9.17) is 26.8 Å². The number of ether oxygens (including phenoxy) is 2. The van der Waals surface area contributed by atoms with E-state index in [0.29, 0.717) is 5.75 Å². The molecule has 0 unspecified atom stereocenters. The Kier molecular flexibility index (Phi) is 2.94. The van der Waals surface area contributed by atoms with Gasteiger partial charge in [-0.25, -0.2) is 4.98 Å². The van der Waals surface area contributed by atoms with E-state index in [1.54, 1.807) is 0 Å². The summed E-state index contributed by atoms with van der Waals surface area (Å²) >= 11 is 6.03. The Morgan fingerprint density at radius 3 is 2.95 bits per heavy atom. The van der Waals surface area contributed by atoms with Gasteiger partial charge in [0.05, 0.1) is 0 Å². The van der Waals surface area contributed by atoms with E-state index < -0.39 is 0 Å². The standard InChI is InChI=1S/C14H14ClN3O2/c1-14(2)6-8-4-3-5-9(11(8)20-14)19-13-10(15)12(16)17-7-18-13/h3-5,7H,6H2,1-2H3,(H2,16,17,18). The number of nitrogens with two attached hydrogens (primary N) is 1. The summed E-state index contributed by atoms with van der Waals surface area (Å²) in [7, 11) is 0. The lowest BCUT2D eigenvalue weighted by atomic mass is 10.0. The number of nitrogens with zero attached hydrogens (tertiary/aromatic N) is 2. The average Bonchev–Trinajstić information content (AvgIpc) is 2.70. The van der Waals surface area contributed by atoms with E-state index in [1.165, 1.54) is 6.33 Å². The number of benzene rings is 1. The molecule has 1 aromatic carbocycles. The van der Waals surface area contributed by atoms with Gasteiger partial charge in [0.2, 0.25) is 5.88 Å². The van der Waals surface area contributed by atoms with Crippen molar-refractivity contribution in [1.82, 2.24) is 9.97 Å². The third-order valence-corrected chi connectivity index (χ3v) is 3.40. The van der Waals surface area contributed by atoms with Crippen LogP contribution in [0.3, 0.4) is 0 Å². The van der Waals surface area contributed by atoms with Crippen molar-refractivity contribution in [2.45, 2.75) is 25.9 Å². The zero-order valence-electron chi connectivity index (χ0n) is 11.2. The largest absolute Gasteiger partial charge is 0.483 e. The molecule has 0 aliphatic carbocycles. The highest BCUT2D eigenvalue weighted by Crippen LogP contribution is 2.44. The number of para-hydroxylation sites is 1. The fourth-order valence-corrected chi connectivity index (χ4v) is 2.35. The van der Waals surface area contributed by atoms with Crippen LogP contribution in [0, 0.1) is 0 Å². The van der Waals surface area contributed by atoms with Crippen LogP contribution in [0.15, 0.2) is 24.5 Å². The number of hydrogen-bond donors (Lipinski definition) is 1. The zero-order chi connectivity index (χ0) is 14.3. The van der Waals surface area contributed by atoms with Crippen LogP contribution >= 0.6 is 11.6 Å². The van der Waals surface area contributed by atoms with Crippen LogP contribution in [0.25, 0.3) is 0 Å². The predicted octanol–water partition coefficient (Wildman–Crippen LogP) is 3.22. The van der Waals surface area contributed by atoms with Gasteiger partial charge in [0.1, 0.15) is 22.8 Å². The molecule has 5 nitrogen and oxygen atoms in total. The maximum atomic E-state index is 6.03. The lowest BCUT2D eigenvalue weighted by Gasteiger charge is -2.18. The SMILES string of the molecule is CC1(C)Cc2cccc(Oc3ncnc(N)c3Cl)c2O1. The van der Waals surface area contributed by atoms with Gasteiger partial charge in [0.15, 0.2) is 11.5 Å². The Balaban J connectivity index is 1.98. The molecule has 2 N–H and O–H groups in total. The predicted molar refractivity (Wildman–Crippen MR) is 76.4 cm³/mol. The molecule has 3 rings (SSSR count). The Bertz CT molecular complexity index is 673. The van der Waals surface area contributed by atoms with Gasteiger partial charge in [-0.15, -0.1) is 0 Å². The van der Waals surface area contributed by atoms with Crippen molar-refractivity contribution in [3.63, 3.8) is 0 Å². The summed E-state index contributed by atoms with van der Waals surface area (Å²) in [6, 6.07) is 5.75. The van der Waals surface area contributed by atoms with E-state index in [2.05, 4.69) is 9.97 Å². The molecular weight excluding hydrogens is 278 g/mol. The molecule has 0 amide bonds. The van der Waals surface area contributed by atoms with Crippen LogP contribution < -0.4 is 15.2 Å². The van der Waals surface area contributed by atoms with Crippen LogP contribution in [0.5, 0.6) is 17.4 Å². The first kappa shape index (κ1) is 13.0. The molecule has 0 spiro atoms. The molecule has 104 valence electrons. The van der Waals surface area contributed by atoms with Crippen LogP contribution in [0.1, 0.15) is 19.4 Å². The van der Waals surface area contributed by atoms with Gasteiger partial charge in [-0.05, 0) is 19.9 Å². The summed E-state index contributed by atoms with van der Waals surface area (Å²) in [6.07, 6.45) is 2.14. The van der Waals surface area contributed by atoms with Crippen LogP contribution in [-0.2, 0) is 6.42 Å². The summed E-state index contributed by atoms with van der Waals surface area (Å²) in [4.78, 5) is 7.80. The quantitative estimate of drug-likeness (QED) is 0.920. The van der Waals surface area contributed by atoms with E-state index >= 15 is 0 Å². The molecule has 1 aliphatic heterocycles. The van der Waals surface area contributed by atoms with Gasteiger partial charge in [-0.1, -0.05) is 23.7 Å². The number of nitrogen functional groups attached to an aromatic ring is 1.